The summed E-state index contributed by atoms with van der Waals surface area (Å²) in [6.45, 7) is 3.92. The smallest absolute Gasteiger partial charge is 0.168 e. The van der Waals surface area contributed by atoms with Gasteiger partial charge in [-0.25, -0.2) is 9.97 Å². The van der Waals surface area contributed by atoms with Crippen LogP contribution >= 0.6 is 27.3 Å². The first-order valence-corrected chi connectivity index (χ1v) is 10.9. The van der Waals surface area contributed by atoms with Crippen LogP contribution in [0.4, 0.5) is 5.69 Å². The maximum absolute atomic E-state index is 12.4. The number of likely N-dealkylation sites (tertiary alicyclic amines) is 1. The fourth-order valence-electron chi connectivity index (χ4n) is 4.31. The molecule has 0 radical (unpaired) electrons. The molecule has 0 bridgehead atoms. The van der Waals surface area contributed by atoms with Crippen LogP contribution in [0.2, 0.25) is 0 Å². The van der Waals surface area contributed by atoms with Gasteiger partial charge in [-0.1, -0.05) is 0 Å². The molecule has 5 rings (SSSR count). The number of nitrogens with zero attached hydrogens (tertiary/aromatic N) is 4. The molecule has 2 aliphatic heterocycles. The summed E-state index contributed by atoms with van der Waals surface area (Å²) >= 11 is 5.15. The number of pyridine rings is 1. The highest BCUT2D eigenvalue weighted by atomic mass is 79.9. The Labute approximate surface area is 169 Å². The standard InChI is InChI=1S/C19H20BrN5OS/c20-19-23-9-13(27-19)11-24-6-2-12(3-7-24)25-8-4-16(26)15-10-22-18-14(17(15)25)1-5-21-18/h1,5,9-10,12H,2-4,6-8,11H2,(H,21,22). The number of thiazole rings is 1. The summed E-state index contributed by atoms with van der Waals surface area (Å²) in [5, 5.41) is 1.07. The molecule has 8 heteroatoms. The van der Waals surface area contributed by atoms with E-state index in [-0.39, 0.29) is 5.78 Å². The van der Waals surface area contributed by atoms with Gasteiger partial charge in [0, 0.05) is 67.5 Å². The number of hydrogen-bond acceptors (Lipinski definition) is 6. The SMILES string of the molecule is O=C1CCN(C2CCN(Cc3cnc(Br)s3)CC2)c2c1cnc1[nH]ccc21. The van der Waals surface area contributed by atoms with E-state index in [9.17, 15) is 4.79 Å². The average Bonchev–Trinajstić information content (AvgIpc) is 3.31. The lowest BCUT2D eigenvalue weighted by Gasteiger charge is -2.42. The second-order valence-corrected chi connectivity index (χ2v) is 9.61. The number of fused-ring (bicyclic) bond motifs is 3. The third kappa shape index (κ3) is 3.19. The molecule has 0 spiro atoms. The van der Waals surface area contributed by atoms with Gasteiger partial charge in [0.2, 0.25) is 0 Å². The normalized spacial score (nSPS) is 19.0. The van der Waals surface area contributed by atoms with E-state index in [4.69, 9.17) is 0 Å². The summed E-state index contributed by atoms with van der Waals surface area (Å²) in [6, 6.07) is 2.52. The second kappa shape index (κ2) is 7.00. The van der Waals surface area contributed by atoms with Gasteiger partial charge in [0.25, 0.3) is 0 Å². The molecule has 3 aromatic heterocycles. The molecule has 0 amide bonds. The van der Waals surface area contributed by atoms with Crippen LogP contribution in [0.25, 0.3) is 11.0 Å². The van der Waals surface area contributed by atoms with E-state index in [1.165, 1.54) is 4.88 Å². The highest BCUT2D eigenvalue weighted by molar-refractivity contribution is 9.11. The summed E-state index contributed by atoms with van der Waals surface area (Å²) in [4.78, 5) is 30.6. The maximum atomic E-state index is 12.4. The van der Waals surface area contributed by atoms with Gasteiger partial charge in [-0.05, 0) is 34.8 Å². The van der Waals surface area contributed by atoms with E-state index >= 15 is 0 Å². The molecule has 1 saturated heterocycles. The predicted octanol–water partition coefficient (Wildman–Crippen LogP) is 3.84. The number of H-pyrrole nitrogens is 1. The van der Waals surface area contributed by atoms with Gasteiger partial charge in [-0.2, -0.15) is 0 Å². The molecule has 0 aromatic carbocycles. The van der Waals surface area contributed by atoms with Crippen LogP contribution in [-0.2, 0) is 6.54 Å². The van der Waals surface area contributed by atoms with E-state index < -0.39 is 0 Å². The minimum atomic E-state index is 0.213. The van der Waals surface area contributed by atoms with Crippen LogP contribution in [0.15, 0.2) is 28.6 Å². The van der Waals surface area contributed by atoms with Crippen LogP contribution in [0.1, 0.15) is 34.5 Å². The van der Waals surface area contributed by atoms with Crippen LogP contribution in [0.5, 0.6) is 0 Å². The van der Waals surface area contributed by atoms with Gasteiger partial charge in [-0.3, -0.25) is 9.69 Å². The molecular formula is C19H20BrN5OS. The van der Waals surface area contributed by atoms with Crippen molar-refractivity contribution in [2.45, 2.75) is 31.8 Å². The fourth-order valence-corrected chi connectivity index (χ4v) is 5.71. The minimum absolute atomic E-state index is 0.213. The van der Waals surface area contributed by atoms with Crippen LogP contribution in [0.3, 0.4) is 0 Å². The van der Waals surface area contributed by atoms with Gasteiger partial charge in [-0.15, -0.1) is 11.3 Å². The first-order chi connectivity index (χ1) is 13.2. The minimum Gasteiger partial charge on any atom is -0.367 e. The number of halogens is 1. The third-order valence-electron chi connectivity index (χ3n) is 5.63. The number of piperidine rings is 1. The Morgan fingerprint density at radius 2 is 2.07 bits per heavy atom. The molecule has 1 fully saturated rings. The number of anilines is 1. The number of ketones is 1. The largest absolute Gasteiger partial charge is 0.367 e. The number of aromatic nitrogens is 3. The Morgan fingerprint density at radius 3 is 2.85 bits per heavy atom. The first kappa shape index (κ1) is 17.3. The highest BCUT2D eigenvalue weighted by Crippen LogP contribution is 2.36. The second-order valence-electron chi connectivity index (χ2n) is 7.21. The lowest BCUT2D eigenvalue weighted by Crippen LogP contribution is -2.47. The number of nitrogens with one attached hydrogen (secondary N) is 1. The molecule has 0 atom stereocenters. The lowest BCUT2D eigenvalue weighted by atomic mass is 9.95. The van der Waals surface area contributed by atoms with E-state index in [1.807, 2.05) is 18.5 Å². The van der Waals surface area contributed by atoms with E-state index in [2.05, 4.69) is 40.7 Å². The van der Waals surface area contributed by atoms with Crippen molar-refractivity contribution in [2.24, 2.45) is 0 Å². The highest BCUT2D eigenvalue weighted by Gasteiger charge is 2.32. The maximum Gasteiger partial charge on any atom is 0.168 e. The van der Waals surface area contributed by atoms with Crippen molar-refractivity contribution in [1.82, 2.24) is 19.9 Å². The summed E-state index contributed by atoms with van der Waals surface area (Å²) in [6.07, 6.45) is 8.43. The molecule has 0 aliphatic carbocycles. The Bertz CT molecular complexity index is 991. The van der Waals surface area contributed by atoms with Crippen molar-refractivity contribution in [2.75, 3.05) is 24.5 Å². The number of carbonyl (C=O) groups excluding carboxylic acids is 1. The Morgan fingerprint density at radius 1 is 1.22 bits per heavy atom. The summed E-state index contributed by atoms with van der Waals surface area (Å²) < 4.78 is 0.950. The van der Waals surface area contributed by atoms with Crippen molar-refractivity contribution in [1.29, 1.82) is 0 Å². The van der Waals surface area contributed by atoms with E-state index in [0.717, 1.165) is 65.2 Å². The number of Topliss-reactive ketones (excluding diaryl/α,β-unsaturated/α-hetero) is 1. The molecule has 27 heavy (non-hydrogen) atoms. The Kier molecular flexibility index (Phi) is 4.49. The van der Waals surface area contributed by atoms with Gasteiger partial charge in [0.15, 0.2) is 9.70 Å². The monoisotopic (exact) mass is 445 g/mol. The van der Waals surface area contributed by atoms with Crippen molar-refractivity contribution < 1.29 is 4.79 Å². The van der Waals surface area contributed by atoms with Crippen molar-refractivity contribution in [3.05, 3.63) is 39.0 Å². The van der Waals surface area contributed by atoms with Crippen LogP contribution in [-0.4, -0.2) is 51.3 Å². The van der Waals surface area contributed by atoms with Crippen molar-refractivity contribution in [3.8, 4) is 0 Å². The van der Waals surface area contributed by atoms with Crippen LogP contribution < -0.4 is 4.90 Å². The average molecular weight is 446 g/mol. The fraction of sp³-hybridized carbons (Fsp3) is 0.421. The molecule has 2 aliphatic rings. The summed E-state index contributed by atoms with van der Waals surface area (Å²) in [5.74, 6) is 0.213. The first-order valence-electron chi connectivity index (χ1n) is 9.27. The van der Waals surface area contributed by atoms with Crippen LogP contribution in [0, 0.1) is 0 Å². The number of hydrogen-bond donors (Lipinski definition) is 1. The lowest BCUT2D eigenvalue weighted by molar-refractivity contribution is 0.0976. The van der Waals surface area contributed by atoms with Crippen molar-refractivity contribution in [3.63, 3.8) is 0 Å². The van der Waals surface area contributed by atoms with Crippen molar-refractivity contribution >= 4 is 49.8 Å². The van der Waals surface area contributed by atoms with Gasteiger partial charge in [0.1, 0.15) is 5.65 Å². The van der Waals surface area contributed by atoms with Gasteiger partial charge in [0.05, 0.1) is 11.3 Å². The quantitative estimate of drug-likeness (QED) is 0.663. The summed E-state index contributed by atoms with van der Waals surface area (Å²) in [7, 11) is 0. The van der Waals surface area contributed by atoms with Gasteiger partial charge < -0.3 is 9.88 Å². The predicted molar refractivity (Wildman–Crippen MR) is 111 cm³/mol. The molecule has 1 N–H and O–H groups in total. The zero-order chi connectivity index (χ0) is 18.4. The zero-order valence-corrected chi connectivity index (χ0v) is 17.2. The number of aromatic amines is 1. The molecule has 6 nitrogen and oxygen atoms in total. The molecular weight excluding hydrogens is 426 g/mol. The Balaban J connectivity index is 1.35. The van der Waals surface area contributed by atoms with E-state index in [1.54, 1.807) is 17.5 Å². The van der Waals surface area contributed by atoms with E-state index in [0.29, 0.717) is 12.5 Å². The summed E-state index contributed by atoms with van der Waals surface area (Å²) in [5.41, 5.74) is 2.73. The molecule has 3 aromatic rings. The third-order valence-corrected chi connectivity index (χ3v) is 7.09. The van der Waals surface area contributed by atoms with Gasteiger partial charge >= 0.3 is 0 Å². The topological polar surface area (TPSA) is 65.1 Å². The zero-order valence-electron chi connectivity index (χ0n) is 14.8. The molecule has 5 heterocycles. The Hall–Kier alpha value is -1.77. The molecule has 0 saturated carbocycles. The molecule has 0 unspecified atom stereocenters. The molecule has 140 valence electrons. The number of carbonyl (C=O) groups is 1. The number of rotatable bonds is 3.